The van der Waals surface area contributed by atoms with Gasteiger partial charge in [-0.3, -0.25) is 24.3 Å². The van der Waals surface area contributed by atoms with Crippen LogP contribution < -0.4 is 10.9 Å². The average Bonchev–Trinajstić information content (AvgIpc) is 3.07. The first kappa shape index (κ1) is 19.1. The minimum atomic E-state index is -0.536. The molecule has 0 radical (unpaired) electrons. The molecule has 0 saturated carbocycles. The second-order valence-electron chi connectivity index (χ2n) is 5.63. The van der Waals surface area contributed by atoms with E-state index in [1.165, 1.54) is 45.9 Å². The van der Waals surface area contributed by atoms with E-state index in [1.807, 2.05) is 13.0 Å². The number of aromatic nitrogens is 2. The molecule has 0 spiro atoms. The van der Waals surface area contributed by atoms with Crippen LogP contribution in [0.4, 0.5) is 11.4 Å². The highest BCUT2D eigenvalue weighted by Crippen LogP contribution is 2.24. The van der Waals surface area contributed by atoms with Crippen LogP contribution >= 0.6 is 23.1 Å². The number of hydrogen-bond acceptors (Lipinski definition) is 7. The first-order valence-corrected chi connectivity index (χ1v) is 10.1. The molecule has 0 unspecified atom stereocenters. The number of fused-ring (bicyclic) bond motifs is 1. The van der Waals surface area contributed by atoms with E-state index in [0.717, 1.165) is 11.3 Å². The number of hydrogen-bond donors (Lipinski definition) is 1. The minimum Gasteiger partial charge on any atom is -0.324 e. The largest absolute Gasteiger partial charge is 0.324 e. The Morgan fingerprint density at radius 3 is 2.85 bits per heavy atom. The summed E-state index contributed by atoms with van der Waals surface area (Å²) in [5.41, 5.74) is -0.0940. The molecule has 1 aromatic carbocycles. The van der Waals surface area contributed by atoms with Gasteiger partial charge in [-0.2, -0.15) is 0 Å². The summed E-state index contributed by atoms with van der Waals surface area (Å²) >= 11 is 2.76. The molecular weight excluding hydrogens is 388 g/mol. The number of rotatable bonds is 6. The Bertz CT molecular complexity index is 1090. The molecule has 3 rings (SSSR count). The van der Waals surface area contributed by atoms with Crippen molar-refractivity contribution < 1.29 is 9.72 Å². The summed E-state index contributed by atoms with van der Waals surface area (Å²) in [6, 6.07) is 7.46. The molecule has 0 bridgehead atoms. The number of nitrogens with zero attached hydrogens (tertiary/aromatic N) is 3. The zero-order valence-corrected chi connectivity index (χ0v) is 16.2. The molecule has 0 atom stereocenters. The van der Waals surface area contributed by atoms with Crippen LogP contribution in [0.3, 0.4) is 0 Å². The third-order valence-corrected chi connectivity index (χ3v) is 5.69. The van der Waals surface area contributed by atoms with Crippen molar-refractivity contribution in [3.05, 3.63) is 55.7 Å². The number of nitro benzene ring substituents is 1. The summed E-state index contributed by atoms with van der Waals surface area (Å²) in [6.07, 6.45) is 2.60. The number of aryl methyl sites for hydroxylation is 1. The second kappa shape index (κ2) is 7.89. The Balaban J connectivity index is 1.90. The van der Waals surface area contributed by atoms with E-state index in [2.05, 4.69) is 10.3 Å². The standard InChI is InChI=1S/C17H16N4O4S2/c1-3-12-8-13-15(27-12)19-17(26-2)20(16(13)23)9-14(22)18-10-5-4-6-11(7-10)21(24)25/h4-8H,3,9H2,1-2H3,(H,18,22). The van der Waals surface area contributed by atoms with Gasteiger partial charge in [0.05, 0.1) is 10.3 Å². The molecule has 1 N–H and O–H groups in total. The van der Waals surface area contributed by atoms with Gasteiger partial charge in [-0.25, -0.2) is 4.98 Å². The number of amides is 1. The van der Waals surface area contributed by atoms with Crippen molar-refractivity contribution in [1.29, 1.82) is 0 Å². The summed E-state index contributed by atoms with van der Waals surface area (Å²) in [7, 11) is 0. The fourth-order valence-corrected chi connectivity index (χ4v) is 4.12. The maximum Gasteiger partial charge on any atom is 0.271 e. The number of anilines is 1. The first-order valence-electron chi connectivity index (χ1n) is 8.04. The van der Waals surface area contributed by atoms with Gasteiger partial charge in [0.15, 0.2) is 5.16 Å². The highest BCUT2D eigenvalue weighted by Gasteiger charge is 2.16. The van der Waals surface area contributed by atoms with Gasteiger partial charge in [0.1, 0.15) is 11.4 Å². The maximum atomic E-state index is 12.8. The Morgan fingerprint density at radius 2 is 2.19 bits per heavy atom. The fraction of sp³-hybridized carbons (Fsp3) is 0.235. The average molecular weight is 404 g/mol. The molecule has 8 nitrogen and oxygen atoms in total. The fourth-order valence-electron chi connectivity index (χ4n) is 2.56. The molecule has 0 fully saturated rings. The van der Waals surface area contributed by atoms with Crippen molar-refractivity contribution in [2.75, 3.05) is 11.6 Å². The number of carbonyl (C=O) groups excluding carboxylic acids is 1. The van der Waals surface area contributed by atoms with Gasteiger partial charge >= 0.3 is 0 Å². The second-order valence-corrected chi connectivity index (χ2v) is 7.52. The van der Waals surface area contributed by atoms with Gasteiger partial charge in [-0.1, -0.05) is 24.8 Å². The Hall–Kier alpha value is -2.72. The van der Waals surface area contributed by atoms with Crippen molar-refractivity contribution in [3.63, 3.8) is 0 Å². The maximum absolute atomic E-state index is 12.8. The number of nitrogens with one attached hydrogen (secondary N) is 1. The number of nitro groups is 1. The number of benzene rings is 1. The Kier molecular flexibility index (Phi) is 5.57. The van der Waals surface area contributed by atoms with Crippen molar-refractivity contribution in [3.8, 4) is 0 Å². The van der Waals surface area contributed by atoms with Crippen LogP contribution in [-0.2, 0) is 17.8 Å². The molecule has 0 aliphatic rings. The summed E-state index contributed by atoms with van der Waals surface area (Å²) < 4.78 is 1.33. The lowest BCUT2D eigenvalue weighted by Gasteiger charge is -2.11. The molecule has 2 aromatic heterocycles. The third kappa shape index (κ3) is 4.01. The van der Waals surface area contributed by atoms with Crippen LogP contribution in [0.1, 0.15) is 11.8 Å². The molecule has 0 aliphatic carbocycles. The molecular formula is C17H16N4O4S2. The van der Waals surface area contributed by atoms with Crippen LogP contribution in [0.15, 0.2) is 40.3 Å². The number of thiophene rings is 1. The lowest BCUT2D eigenvalue weighted by atomic mass is 10.3. The van der Waals surface area contributed by atoms with E-state index in [9.17, 15) is 19.7 Å². The SMILES string of the molecule is CCc1cc2c(=O)n(CC(=O)Nc3cccc([N+](=O)[O-])c3)c(SC)nc2s1. The van der Waals surface area contributed by atoms with Crippen molar-refractivity contribution in [2.45, 2.75) is 25.0 Å². The quantitative estimate of drug-likeness (QED) is 0.292. The van der Waals surface area contributed by atoms with Crippen molar-refractivity contribution in [2.24, 2.45) is 0 Å². The lowest BCUT2D eigenvalue weighted by Crippen LogP contribution is -2.29. The van der Waals surface area contributed by atoms with Gasteiger partial charge in [-0.05, 0) is 24.8 Å². The van der Waals surface area contributed by atoms with Gasteiger partial charge in [0, 0.05) is 22.7 Å². The molecule has 0 aliphatic heterocycles. The monoisotopic (exact) mass is 404 g/mol. The highest BCUT2D eigenvalue weighted by atomic mass is 32.2. The van der Waals surface area contributed by atoms with E-state index < -0.39 is 10.8 Å². The van der Waals surface area contributed by atoms with E-state index in [0.29, 0.717) is 21.1 Å². The minimum absolute atomic E-state index is 0.122. The molecule has 27 heavy (non-hydrogen) atoms. The van der Waals surface area contributed by atoms with Crippen LogP contribution in [0, 0.1) is 10.1 Å². The zero-order chi connectivity index (χ0) is 19.6. The summed E-state index contributed by atoms with van der Waals surface area (Å²) in [4.78, 5) is 41.7. The van der Waals surface area contributed by atoms with E-state index in [-0.39, 0.29) is 17.8 Å². The van der Waals surface area contributed by atoms with Crippen molar-refractivity contribution >= 4 is 50.6 Å². The molecule has 2 heterocycles. The summed E-state index contributed by atoms with van der Waals surface area (Å²) in [5, 5.41) is 14.4. The topological polar surface area (TPSA) is 107 Å². The van der Waals surface area contributed by atoms with E-state index in [1.54, 1.807) is 12.3 Å². The van der Waals surface area contributed by atoms with Gasteiger partial charge in [-0.15, -0.1) is 11.3 Å². The molecule has 3 aromatic rings. The Labute approximate surface area is 162 Å². The number of non-ortho nitro benzene ring substituents is 1. The lowest BCUT2D eigenvalue weighted by molar-refractivity contribution is -0.384. The molecule has 140 valence electrons. The number of carbonyl (C=O) groups is 1. The molecule has 0 saturated heterocycles. The van der Waals surface area contributed by atoms with Crippen LogP contribution in [-0.4, -0.2) is 26.6 Å². The van der Waals surface area contributed by atoms with Gasteiger partial charge < -0.3 is 5.32 Å². The van der Waals surface area contributed by atoms with Crippen LogP contribution in [0.25, 0.3) is 10.2 Å². The van der Waals surface area contributed by atoms with E-state index in [4.69, 9.17) is 0 Å². The normalized spacial score (nSPS) is 10.9. The molecule has 1 amide bonds. The summed E-state index contributed by atoms with van der Waals surface area (Å²) in [6.45, 7) is 1.78. The third-order valence-electron chi connectivity index (χ3n) is 3.84. The van der Waals surface area contributed by atoms with Gasteiger partial charge in [0.2, 0.25) is 5.91 Å². The predicted octanol–water partition coefficient (Wildman–Crippen LogP) is 3.29. The number of thioether (sulfide) groups is 1. The molecule has 10 heteroatoms. The van der Waals surface area contributed by atoms with Crippen molar-refractivity contribution in [1.82, 2.24) is 9.55 Å². The zero-order valence-electron chi connectivity index (χ0n) is 14.6. The summed E-state index contributed by atoms with van der Waals surface area (Å²) in [5.74, 6) is -0.458. The van der Waals surface area contributed by atoms with Gasteiger partial charge in [0.25, 0.3) is 11.2 Å². The van der Waals surface area contributed by atoms with Crippen LogP contribution in [0.2, 0.25) is 0 Å². The highest BCUT2D eigenvalue weighted by molar-refractivity contribution is 7.98. The van der Waals surface area contributed by atoms with E-state index >= 15 is 0 Å². The first-order chi connectivity index (χ1) is 12.9. The predicted molar refractivity (Wildman–Crippen MR) is 107 cm³/mol. The van der Waals surface area contributed by atoms with Crippen LogP contribution in [0.5, 0.6) is 0 Å². The Morgan fingerprint density at radius 1 is 1.41 bits per heavy atom. The smallest absolute Gasteiger partial charge is 0.271 e.